The number of nitrogens with zero attached hydrogens (tertiary/aromatic N) is 5. The molecule has 3 N–H and O–H groups in total. The summed E-state index contributed by atoms with van der Waals surface area (Å²) in [7, 11) is 2.10. The smallest absolute Gasteiger partial charge is 0.243 e. The maximum atomic E-state index is 13.1. The third-order valence-electron chi connectivity index (χ3n) is 6.94. The Balaban J connectivity index is 1.37. The minimum absolute atomic E-state index is 0.107. The number of nitrogens with one attached hydrogen (secondary N) is 3. The van der Waals surface area contributed by atoms with E-state index in [2.05, 4.69) is 51.5 Å². The highest BCUT2D eigenvalue weighted by Gasteiger charge is 2.35. The summed E-state index contributed by atoms with van der Waals surface area (Å²) in [6.07, 6.45) is 5.84. The molecule has 0 spiro atoms. The molecule has 1 amide bonds. The van der Waals surface area contributed by atoms with Gasteiger partial charge in [0, 0.05) is 36.5 Å². The molecule has 2 aromatic rings. The Kier molecular flexibility index (Phi) is 5.75. The van der Waals surface area contributed by atoms with E-state index in [9.17, 15) is 4.79 Å². The van der Waals surface area contributed by atoms with Crippen LogP contribution in [0.2, 0.25) is 0 Å². The Labute approximate surface area is 189 Å². The fraction of sp³-hybridized carbons (Fsp3) is 0.652. The summed E-state index contributed by atoms with van der Waals surface area (Å²) in [5.41, 5.74) is 3.37. The molecule has 2 atom stereocenters. The molecule has 2 aliphatic heterocycles. The Bertz CT molecular complexity index is 986. The number of hydrogen-bond donors (Lipinski definition) is 3. The number of anilines is 3. The third kappa shape index (κ3) is 4.18. The maximum Gasteiger partial charge on any atom is 0.243 e. The van der Waals surface area contributed by atoms with Gasteiger partial charge in [0.2, 0.25) is 11.9 Å². The van der Waals surface area contributed by atoms with Crippen LogP contribution < -0.4 is 15.5 Å². The normalized spacial score (nSPS) is 23.2. The lowest BCUT2D eigenvalue weighted by molar-refractivity contribution is -0.122. The molecule has 5 rings (SSSR count). The Morgan fingerprint density at radius 2 is 2.06 bits per heavy atom. The first-order valence-corrected chi connectivity index (χ1v) is 12.0. The van der Waals surface area contributed by atoms with E-state index in [1.54, 1.807) is 0 Å². The summed E-state index contributed by atoms with van der Waals surface area (Å²) in [6, 6.07) is 2.08. The molecule has 4 heterocycles. The van der Waals surface area contributed by atoms with Gasteiger partial charge in [-0.25, -0.2) is 4.98 Å². The molecular formula is C23H34N8O. The van der Waals surface area contributed by atoms with E-state index in [-0.39, 0.29) is 18.0 Å². The van der Waals surface area contributed by atoms with Crippen LogP contribution in [0, 0.1) is 0 Å². The minimum Gasteiger partial charge on any atom is -0.350 e. The molecule has 1 unspecified atom stereocenters. The number of carbonyl (C=O) groups excluding carboxylic acids is 1. The number of carbonyl (C=O) groups is 1. The number of hydrogen-bond acceptors (Lipinski definition) is 7. The number of aromatic amines is 1. The van der Waals surface area contributed by atoms with Crippen LogP contribution in [0.3, 0.4) is 0 Å². The highest BCUT2D eigenvalue weighted by Crippen LogP contribution is 2.32. The molecule has 9 heteroatoms. The molecule has 2 saturated heterocycles. The monoisotopic (exact) mass is 438 g/mol. The first-order valence-electron chi connectivity index (χ1n) is 12.0. The quantitative estimate of drug-likeness (QED) is 0.636. The predicted octanol–water partition coefficient (Wildman–Crippen LogP) is 2.34. The number of likely N-dealkylation sites (tertiary alicyclic amines) is 1. The van der Waals surface area contributed by atoms with Gasteiger partial charge in [-0.1, -0.05) is 13.8 Å². The summed E-state index contributed by atoms with van der Waals surface area (Å²) in [4.78, 5) is 27.3. The van der Waals surface area contributed by atoms with Crippen molar-refractivity contribution < 1.29 is 4.79 Å². The number of aromatic nitrogens is 4. The lowest BCUT2D eigenvalue weighted by Crippen LogP contribution is -2.48. The van der Waals surface area contributed by atoms with Gasteiger partial charge in [-0.15, -0.1) is 0 Å². The van der Waals surface area contributed by atoms with Gasteiger partial charge in [0.25, 0.3) is 0 Å². The highest BCUT2D eigenvalue weighted by atomic mass is 16.2. The van der Waals surface area contributed by atoms with Crippen LogP contribution in [0.1, 0.15) is 62.4 Å². The maximum absolute atomic E-state index is 13.1. The van der Waals surface area contributed by atoms with Gasteiger partial charge in [-0.2, -0.15) is 10.1 Å². The number of rotatable bonds is 6. The van der Waals surface area contributed by atoms with E-state index < -0.39 is 0 Å². The molecule has 2 fully saturated rings. The average Bonchev–Trinajstić information content (AvgIpc) is 3.54. The largest absolute Gasteiger partial charge is 0.350 e. The van der Waals surface area contributed by atoms with Crippen LogP contribution in [-0.2, 0) is 17.6 Å². The molecule has 1 aliphatic carbocycles. The zero-order valence-electron chi connectivity index (χ0n) is 19.3. The van der Waals surface area contributed by atoms with Crippen molar-refractivity contribution in [2.24, 2.45) is 0 Å². The second-order valence-electron chi connectivity index (χ2n) is 9.75. The van der Waals surface area contributed by atoms with Gasteiger partial charge in [0.15, 0.2) is 5.82 Å². The molecular weight excluding hydrogens is 404 g/mol. The Hall–Kier alpha value is -2.68. The zero-order valence-corrected chi connectivity index (χ0v) is 19.3. The topological polar surface area (TPSA) is 102 Å². The number of fused-ring (bicyclic) bond motifs is 1. The first-order chi connectivity index (χ1) is 15.5. The van der Waals surface area contributed by atoms with E-state index in [4.69, 9.17) is 9.97 Å². The second kappa shape index (κ2) is 8.69. The summed E-state index contributed by atoms with van der Waals surface area (Å²) in [6.45, 7) is 7.04. The van der Waals surface area contributed by atoms with Crippen molar-refractivity contribution in [3.05, 3.63) is 23.0 Å². The van der Waals surface area contributed by atoms with Crippen molar-refractivity contribution in [3.8, 4) is 0 Å². The van der Waals surface area contributed by atoms with Gasteiger partial charge in [-0.3, -0.25) is 9.89 Å². The summed E-state index contributed by atoms with van der Waals surface area (Å²) < 4.78 is 0. The standard InChI is InChI=1S/C23H34N8O/c1-14(2)18-12-20(29-28-18)26-21-16-6-4-7-17(16)25-23(27-21)31-10-5-8-19(31)22(32)24-15-9-11-30(3)13-15/h12,14-15,19H,4-11,13H2,1-3H3,(H,24,32)(H2,25,26,27,28,29)/t15?,19-/m1/s1. The molecule has 9 nitrogen and oxygen atoms in total. The zero-order chi connectivity index (χ0) is 22.2. The van der Waals surface area contributed by atoms with Crippen LogP contribution in [0.5, 0.6) is 0 Å². The van der Waals surface area contributed by atoms with Gasteiger partial charge in [0.05, 0.1) is 5.69 Å². The van der Waals surface area contributed by atoms with Gasteiger partial charge >= 0.3 is 0 Å². The molecule has 0 aromatic carbocycles. The van der Waals surface area contributed by atoms with Crippen molar-refractivity contribution in [1.29, 1.82) is 0 Å². The van der Waals surface area contributed by atoms with Crippen LogP contribution in [0.25, 0.3) is 0 Å². The Morgan fingerprint density at radius 3 is 2.81 bits per heavy atom. The van der Waals surface area contributed by atoms with Crippen LogP contribution in [-0.4, -0.2) is 69.7 Å². The van der Waals surface area contributed by atoms with Gasteiger partial charge in [0.1, 0.15) is 11.9 Å². The minimum atomic E-state index is -0.203. The van der Waals surface area contributed by atoms with Crippen molar-refractivity contribution in [2.75, 3.05) is 36.9 Å². The number of amides is 1. The van der Waals surface area contributed by atoms with E-state index in [0.29, 0.717) is 11.9 Å². The fourth-order valence-corrected chi connectivity index (χ4v) is 5.10. The van der Waals surface area contributed by atoms with E-state index in [1.165, 1.54) is 5.56 Å². The third-order valence-corrected chi connectivity index (χ3v) is 6.94. The van der Waals surface area contributed by atoms with Gasteiger partial charge in [-0.05, 0) is 58.0 Å². The van der Waals surface area contributed by atoms with Crippen molar-refractivity contribution >= 4 is 23.5 Å². The van der Waals surface area contributed by atoms with Gasteiger partial charge < -0.3 is 20.4 Å². The first kappa shape index (κ1) is 21.2. The number of H-pyrrole nitrogens is 1. The molecule has 32 heavy (non-hydrogen) atoms. The molecule has 3 aliphatic rings. The van der Waals surface area contributed by atoms with E-state index >= 15 is 0 Å². The van der Waals surface area contributed by atoms with Crippen LogP contribution in [0.4, 0.5) is 17.6 Å². The summed E-state index contributed by atoms with van der Waals surface area (Å²) >= 11 is 0. The Morgan fingerprint density at radius 1 is 1.19 bits per heavy atom. The SMILES string of the molecule is CC(C)c1cc(Nc2nc(N3CCC[C@@H]3C(=O)NC3CCN(C)C3)nc3c2CCC3)n[nH]1. The highest BCUT2D eigenvalue weighted by molar-refractivity contribution is 5.85. The molecule has 2 aromatic heterocycles. The molecule has 0 radical (unpaired) electrons. The summed E-state index contributed by atoms with van der Waals surface area (Å²) in [5, 5.41) is 14.2. The van der Waals surface area contributed by atoms with E-state index in [0.717, 1.165) is 81.2 Å². The molecule has 172 valence electrons. The lowest BCUT2D eigenvalue weighted by Gasteiger charge is -2.26. The number of aryl methyl sites for hydroxylation is 1. The average molecular weight is 439 g/mol. The lowest BCUT2D eigenvalue weighted by atomic mass is 10.1. The fourth-order valence-electron chi connectivity index (χ4n) is 5.10. The van der Waals surface area contributed by atoms with Crippen molar-refractivity contribution in [2.45, 2.75) is 70.4 Å². The van der Waals surface area contributed by atoms with E-state index in [1.807, 2.05) is 6.07 Å². The van der Waals surface area contributed by atoms with Crippen molar-refractivity contribution in [1.82, 2.24) is 30.4 Å². The summed E-state index contributed by atoms with van der Waals surface area (Å²) in [5.74, 6) is 2.75. The van der Waals surface area contributed by atoms with Crippen LogP contribution >= 0.6 is 0 Å². The molecule has 0 saturated carbocycles. The molecule has 0 bridgehead atoms. The van der Waals surface area contributed by atoms with Crippen molar-refractivity contribution in [3.63, 3.8) is 0 Å². The number of likely N-dealkylation sites (N-methyl/N-ethyl adjacent to an activating group) is 1. The van der Waals surface area contributed by atoms with Crippen LogP contribution in [0.15, 0.2) is 6.07 Å². The second-order valence-corrected chi connectivity index (χ2v) is 9.75. The predicted molar refractivity (Wildman–Crippen MR) is 124 cm³/mol.